The lowest BCUT2D eigenvalue weighted by Crippen LogP contribution is -2.37. The highest BCUT2D eigenvalue weighted by molar-refractivity contribution is 5.79. The number of benzene rings is 1. The van der Waals surface area contributed by atoms with Crippen LogP contribution in [0.3, 0.4) is 0 Å². The number of rotatable bonds is 4. The summed E-state index contributed by atoms with van der Waals surface area (Å²) in [7, 11) is 2.23. The van der Waals surface area contributed by atoms with Crippen molar-refractivity contribution in [1.29, 1.82) is 0 Å². The summed E-state index contributed by atoms with van der Waals surface area (Å²) in [6.07, 6.45) is 3.89. The monoisotopic (exact) mass is 283 g/mol. The van der Waals surface area contributed by atoms with E-state index in [1.54, 1.807) is 0 Å². The number of aryl methyl sites for hydroxylation is 1. The lowest BCUT2D eigenvalue weighted by molar-refractivity contribution is 0.193. The third kappa shape index (κ3) is 3.09. The Bertz CT molecular complexity index is 623. The van der Waals surface area contributed by atoms with Crippen LogP contribution in [0.2, 0.25) is 0 Å². The first-order valence-electron chi connectivity index (χ1n) is 7.94. The van der Waals surface area contributed by atoms with Gasteiger partial charge in [-0.3, -0.25) is 9.88 Å². The minimum absolute atomic E-state index is 0.641. The van der Waals surface area contributed by atoms with Crippen molar-refractivity contribution in [2.24, 2.45) is 11.7 Å². The van der Waals surface area contributed by atoms with Crippen LogP contribution in [0, 0.1) is 12.8 Å². The number of pyridine rings is 1. The molecule has 2 N–H and O–H groups in total. The minimum Gasteiger partial charge on any atom is -0.330 e. The molecule has 0 bridgehead atoms. The van der Waals surface area contributed by atoms with Gasteiger partial charge in [0.25, 0.3) is 0 Å². The van der Waals surface area contributed by atoms with Gasteiger partial charge in [-0.2, -0.15) is 0 Å². The summed E-state index contributed by atoms with van der Waals surface area (Å²) in [5.74, 6) is 0.666. The molecule has 3 heteroatoms. The van der Waals surface area contributed by atoms with Crippen LogP contribution >= 0.6 is 0 Å². The molecule has 0 aliphatic heterocycles. The van der Waals surface area contributed by atoms with Gasteiger partial charge in [-0.25, -0.2) is 0 Å². The molecule has 0 saturated heterocycles. The first-order valence-corrected chi connectivity index (χ1v) is 7.94. The number of aromatic nitrogens is 1. The fourth-order valence-corrected chi connectivity index (χ4v) is 3.65. The van der Waals surface area contributed by atoms with Gasteiger partial charge in [0.05, 0.1) is 5.52 Å². The van der Waals surface area contributed by atoms with Crippen LogP contribution in [0.15, 0.2) is 30.3 Å². The second-order valence-electron chi connectivity index (χ2n) is 6.39. The summed E-state index contributed by atoms with van der Waals surface area (Å²) in [6, 6.07) is 11.5. The first-order chi connectivity index (χ1) is 10.2. The maximum Gasteiger partial charge on any atom is 0.0705 e. The number of hydrogen-bond donors (Lipinski definition) is 1. The Morgan fingerprint density at radius 2 is 2.10 bits per heavy atom. The van der Waals surface area contributed by atoms with Crippen LogP contribution in [0.25, 0.3) is 10.9 Å². The molecule has 1 aromatic heterocycles. The summed E-state index contributed by atoms with van der Waals surface area (Å²) >= 11 is 0. The van der Waals surface area contributed by atoms with Crippen molar-refractivity contribution in [3.63, 3.8) is 0 Å². The van der Waals surface area contributed by atoms with Gasteiger partial charge < -0.3 is 5.73 Å². The van der Waals surface area contributed by atoms with Gasteiger partial charge in [0.1, 0.15) is 0 Å². The number of fused-ring (bicyclic) bond motifs is 1. The van der Waals surface area contributed by atoms with Crippen LogP contribution in [0.1, 0.15) is 30.5 Å². The molecule has 3 nitrogen and oxygen atoms in total. The van der Waals surface area contributed by atoms with E-state index in [0.29, 0.717) is 12.0 Å². The Hall–Kier alpha value is -1.45. The van der Waals surface area contributed by atoms with Gasteiger partial charge >= 0.3 is 0 Å². The molecule has 0 radical (unpaired) electrons. The zero-order valence-electron chi connectivity index (χ0n) is 13.0. The topological polar surface area (TPSA) is 42.1 Å². The number of hydrogen-bond acceptors (Lipinski definition) is 3. The van der Waals surface area contributed by atoms with Gasteiger partial charge in [-0.1, -0.05) is 18.6 Å². The number of nitrogens with zero attached hydrogens (tertiary/aromatic N) is 2. The van der Waals surface area contributed by atoms with Gasteiger partial charge in [0.2, 0.25) is 0 Å². The van der Waals surface area contributed by atoms with Gasteiger partial charge in [-0.05, 0) is 63.0 Å². The standard InChI is InChI=1S/C18H25N3/c1-13-6-8-15-10-14(7-9-17(15)20-13)12-21(2)18-5-3-4-16(18)11-19/h6-10,16,18H,3-5,11-12,19H2,1-2H3. The quantitative estimate of drug-likeness (QED) is 0.937. The Balaban J connectivity index is 1.76. The molecule has 2 unspecified atom stereocenters. The molecule has 21 heavy (non-hydrogen) atoms. The molecule has 1 heterocycles. The lowest BCUT2D eigenvalue weighted by Gasteiger charge is -2.29. The fourth-order valence-electron chi connectivity index (χ4n) is 3.65. The second-order valence-corrected chi connectivity index (χ2v) is 6.39. The summed E-state index contributed by atoms with van der Waals surface area (Å²) in [5, 5.41) is 1.23. The van der Waals surface area contributed by atoms with E-state index in [9.17, 15) is 0 Å². The van der Waals surface area contributed by atoms with Crippen molar-refractivity contribution in [2.45, 2.75) is 38.8 Å². The summed E-state index contributed by atoms with van der Waals surface area (Å²) in [5.41, 5.74) is 9.43. The highest BCUT2D eigenvalue weighted by Crippen LogP contribution is 2.29. The molecule has 1 aliphatic carbocycles. The zero-order chi connectivity index (χ0) is 14.8. The third-order valence-electron chi connectivity index (χ3n) is 4.81. The molecule has 1 aromatic carbocycles. The highest BCUT2D eigenvalue weighted by atomic mass is 15.1. The molecule has 1 aliphatic rings. The van der Waals surface area contributed by atoms with Crippen LogP contribution in [-0.4, -0.2) is 29.5 Å². The molecule has 112 valence electrons. The maximum absolute atomic E-state index is 5.91. The van der Waals surface area contributed by atoms with Crippen molar-refractivity contribution in [2.75, 3.05) is 13.6 Å². The van der Waals surface area contributed by atoms with Crippen molar-refractivity contribution in [3.05, 3.63) is 41.6 Å². The Labute approximate surface area is 127 Å². The average molecular weight is 283 g/mol. The lowest BCUT2D eigenvalue weighted by atomic mass is 10.0. The van der Waals surface area contributed by atoms with Gasteiger partial charge in [0, 0.05) is 23.7 Å². The normalized spacial score (nSPS) is 22.3. The number of nitrogens with two attached hydrogens (primary N) is 1. The molecule has 1 saturated carbocycles. The molecule has 0 amide bonds. The predicted octanol–water partition coefficient (Wildman–Crippen LogP) is 3.10. The second kappa shape index (κ2) is 6.12. The van der Waals surface area contributed by atoms with Crippen molar-refractivity contribution in [1.82, 2.24) is 9.88 Å². The average Bonchev–Trinajstić information content (AvgIpc) is 2.96. The van der Waals surface area contributed by atoms with E-state index in [-0.39, 0.29) is 0 Å². The predicted molar refractivity (Wildman–Crippen MR) is 88.1 cm³/mol. The molecule has 3 rings (SSSR count). The smallest absolute Gasteiger partial charge is 0.0705 e. The summed E-state index contributed by atoms with van der Waals surface area (Å²) in [4.78, 5) is 7.05. The van der Waals surface area contributed by atoms with E-state index >= 15 is 0 Å². The molecule has 2 atom stereocenters. The zero-order valence-corrected chi connectivity index (χ0v) is 13.0. The van der Waals surface area contributed by atoms with E-state index in [0.717, 1.165) is 24.3 Å². The first kappa shape index (κ1) is 14.5. The van der Waals surface area contributed by atoms with Crippen LogP contribution in [0.4, 0.5) is 0 Å². The largest absolute Gasteiger partial charge is 0.330 e. The van der Waals surface area contributed by atoms with Gasteiger partial charge in [-0.15, -0.1) is 0 Å². The minimum atomic E-state index is 0.641. The SMILES string of the molecule is Cc1ccc2cc(CN(C)C3CCCC3CN)ccc2n1. The van der Waals surface area contributed by atoms with E-state index < -0.39 is 0 Å². The van der Waals surface area contributed by atoms with Crippen LogP contribution in [-0.2, 0) is 6.54 Å². The Morgan fingerprint density at radius 1 is 1.24 bits per heavy atom. The molecule has 1 fully saturated rings. The van der Waals surface area contributed by atoms with Crippen molar-refractivity contribution >= 4 is 10.9 Å². The van der Waals surface area contributed by atoms with Gasteiger partial charge in [0.15, 0.2) is 0 Å². The Kier molecular flexibility index (Phi) is 4.22. The maximum atomic E-state index is 5.91. The van der Waals surface area contributed by atoms with E-state index in [1.807, 2.05) is 6.92 Å². The third-order valence-corrected chi connectivity index (χ3v) is 4.81. The van der Waals surface area contributed by atoms with Crippen LogP contribution < -0.4 is 5.73 Å². The molecule has 0 spiro atoms. The summed E-state index contributed by atoms with van der Waals surface area (Å²) < 4.78 is 0. The molecule has 2 aromatic rings. The highest BCUT2D eigenvalue weighted by Gasteiger charge is 2.29. The van der Waals surface area contributed by atoms with Crippen molar-refractivity contribution < 1.29 is 0 Å². The van der Waals surface area contributed by atoms with E-state index in [1.165, 1.54) is 30.2 Å². The van der Waals surface area contributed by atoms with E-state index in [2.05, 4.69) is 47.3 Å². The van der Waals surface area contributed by atoms with E-state index in [4.69, 9.17) is 5.73 Å². The molecular formula is C18H25N3. The summed E-state index contributed by atoms with van der Waals surface area (Å²) in [6.45, 7) is 3.84. The van der Waals surface area contributed by atoms with Crippen molar-refractivity contribution in [3.8, 4) is 0 Å². The fraction of sp³-hybridized carbons (Fsp3) is 0.500. The Morgan fingerprint density at radius 3 is 2.90 bits per heavy atom. The van der Waals surface area contributed by atoms with Crippen LogP contribution in [0.5, 0.6) is 0 Å². The molecular weight excluding hydrogens is 258 g/mol.